The summed E-state index contributed by atoms with van der Waals surface area (Å²) in [6.07, 6.45) is 0. The second-order valence-corrected chi connectivity index (χ2v) is 0. The second-order valence-electron chi connectivity index (χ2n) is 0. The maximum Gasteiger partial charge on any atom is 0 e. The van der Waals surface area contributed by atoms with Gasteiger partial charge in [0, 0.05) is 0 Å². The van der Waals surface area contributed by atoms with Crippen LogP contribution in [0.2, 0.25) is 0 Å². The van der Waals surface area contributed by atoms with Crippen molar-refractivity contribution in [2.75, 3.05) is 0 Å². The average Bonchev–Trinajstić information content (AvgIpc) is 0. The quantitative estimate of drug-likeness (QED) is 0.349. The average molecular weight is 2380 g/mol. The molecule has 0 rings (SSSR count). The molecule has 0 N–H and O–H groups in total. The monoisotopic (exact) mass is 2380 g/mol. The molecule has 0 bridgehead atoms. The van der Waals surface area contributed by atoms with E-state index in [1.165, 1.54) is 0 Å². The van der Waals surface area contributed by atoms with Crippen LogP contribution in [-0.4, -0.2) is 0 Å². The Morgan fingerprint density at radius 3 is 0.167 bits per heavy atom. The van der Waals surface area contributed by atoms with Crippen LogP contribution in [-0.2, 0) is 0 Å². The summed E-state index contributed by atoms with van der Waals surface area (Å²) in [5.41, 5.74) is 0. The van der Waals surface area contributed by atoms with E-state index < -0.39 is 0 Å². The molecule has 0 aromatic carbocycles. The van der Waals surface area contributed by atoms with Gasteiger partial charge in [0.2, 0.25) is 0 Å². The first-order valence-corrected chi connectivity index (χ1v) is 0. The Morgan fingerprint density at radius 1 is 0.167 bits per heavy atom. The molecule has 0 saturated carbocycles. The van der Waals surface area contributed by atoms with Crippen molar-refractivity contribution in [3.63, 3.8) is 0 Å². The van der Waals surface area contributed by atoms with Gasteiger partial charge >= 0.3 is 0 Å². The van der Waals surface area contributed by atoms with Crippen LogP contribution in [0.5, 0.6) is 0 Å². The van der Waals surface area contributed by atoms with Crippen LogP contribution in [0, 0.1) is 0 Å². The van der Waals surface area contributed by atoms with E-state index in [2.05, 4.69) is 0 Å². The van der Waals surface area contributed by atoms with Crippen molar-refractivity contribution in [2.24, 2.45) is 0 Å². The van der Waals surface area contributed by atoms with Crippen molar-refractivity contribution in [3.05, 3.63) is 0 Å². The first kappa shape index (κ1) is 0.148. The zero-order valence-electron chi connectivity index (χ0n) is 2.41. The van der Waals surface area contributed by atoms with E-state index in [1.54, 1.807) is 0 Å². The van der Waals surface area contributed by atoms with Gasteiger partial charge in [-0.15, -0.1) is 0 Å². The molecule has 12 heavy (non-hydrogen) atoms. The Hall–Kier alpha value is -9.00. The fraction of sp³-hybridized carbons (Fsp3) is 1.00. The van der Waals surface area contributed by atoms with Crippen molar-refractivity contribution < 1.29 is 0 Å². The van der Waals surface area contributed by atoms with Gasteiger partial charge in [0.15, 0.2) is 0 Å². The van der Waals surface area contributed by atoms with Crippen LogP contribution >= 0.6 is 0 Å². The van der Waals surface area contributed by atoms with E-state index in [0.29, 0.717) is 0 Å². The summed E-state index contributed by atoms with van der Waals surface area (Å²) in [5, 5.41) is 0. The smallest absolute Gasteiger partial charge is 0 e. The van der Waals surface area contributed by atoms with Crippen LogP contribution in [0.4, 0.5) is 0 Å². The third-order valence-corrected chi connectivity index (χ3v) is 0. The van der Waals surface area contributed by atoms with Crippen molar-refractivity contribution in [2.45, 2.75) is 22.3 Å². The molecule has 0 aliphatic carbocycles. The number of rotatable bonds is 0. The molecule has 150 valence electrons. The fourth-order valence-electron chi connectivity index (χ4n) is 0. The summed E-state index contributed by atoms with van der Waals surface area (Å²) in [5.74, 6) is 0. The van der Waals surface area contributed by atoms with Crippen LogP contribution < -0.4 is 0 Å². The van der Waals surface area contributed by atoms with Gasteiger partial charge in [-0.1, -0.05) is 22.3 Å². The molecule has 0 saturated heterocycles. The van der Waals surface area contributed by atoms with Gasteiger partial charge in [0.05, 0.1) is 0 Å². The minimum Gasteiger partial charge on any atom is -0.0776 e. The third-order valence-electron chi connectivity index (χ3n) is 0. The molecule has 0 fully saturated rings. The third kappa shape index (κ3) is 0. The van der Waals surface area contributed by atoms with Crippen LogP contribution in [0.3, 0.4) is 0 Å². The Labute approximate surface area is 23.5 Å². The molecule has 0 aliphatic rings. The van der Waals surface area contributed by atoms with Crippen LogP contribution in [0.15, 0.2) is 0 Å². The van der Waals surface area contributed by atoms with Crippen molar-refractivity contribution in [1.82, 2.24) is 0 Å². The largest absolute Gasteiger partial charge is 0.0776 e. The second kappa shape index (κ2) is 0.0247. The predicted octanol–water partition coefficient (Wildman–Crippen LogP) is 1.91. The molecular weight excluding hydrogens is 2370 g/mol. The van der Waals surface area contributed by atoms with Crippen molar-refractivity contribution in [3.8, 4) is 0 Å². The molecule has 0 aliphatic heterocycles. The van der Waals surface area contributed by atoms with E-state index in [1.807, 2.05) is 0 Å². The summed E-state index contributed by atoms with van der Waals surface area (Å²) in [6.45, 7) is 0. The number of hydrogen-bond acceptors (Lipinski definition) is 0. The van der Waals surface area contributed by atoms with Crippen molar-refractivity contribution in [1.29, 1.82) is 0 Å². The van der Waals surface area contributed by atoms with Gasteiger partial charge < -0.3 is 0 Å². The summed E-state index contributed by atoms with van der Waals surface area (Å²) < 4.78 is 0. The molecule has 0 radical (unpaired) electrons. The van der Waals surface area contributed by atoms with Crippen LogP contribution in [0.1, 0.15) is 22.3 Å². The molecule has 0 nitrogen and oxygen atoms in total. The zero-order valence-corrected chi connectivity index (χ0v) is 22.4. The van der Waals surface area contributed by atoms with Gasteiger partial charge in [-0.25, -0.2) is 0 Å². The Bertz CT molecular complexity index is 9.74. The van der Waals surface area contributed by atoms with Crippen LogP contribution in [0.25, 0.3) is 0 Å². The molecule has 0 amide bonds. The van der Waals surface area contributed by atoms with E-state index >= 15 is 0 Å². The topological polar surface area (TPSA) is 0 Å². The summed E-state index contributed by atoms with van der Waals surface area (Å²) in [4.78, 5) is 0. The molecule has 9 heteroatoms. The van der Waals surface area contributed by atoms with Gasteiger partial charge in [0.1, 0.15) is 0 Å². The SMILES string of the molecule is C.C.C.[No].[No].[No].[No].[No].[No].[No].[No].[No]. The van der Waals surface area contributed by atoms with E-state index in [-0.39, 0.29) is 22.3 Å². The molecular formula is C3H12No9. The fourth-order valence-corrected chi connectivity index (χ4v) is 0. The summed E-state index contributed by atoms with van der Waals surface area (Å²) in [6, 6.07) is 0. The zero-order chi connectivity index (χ0) is 0. The number of hydrogen-bond donors (Lipinski definition) is 0. The summed E-state index contributed by atoms with van der Waals surface area (Å²) >= 11 is 0. The Morgan fingerprint density at radius 2 is 0.167 bits per heavy atom. The van der Waals surface area contributed by atoms with E-state index in [9.17, 15) is 0 Å². The Kier molecular flexibility index (Phi) is 0.000305. The molecule has 0 spiro atoms. The molecule has 0 heterocycles. The van der Waals surface area contributed by atoms with Gasteiger partial charge in [-0.2, -0.15) is 0 Å². The minimum atomic E-state index is 0. The Balaban J connectivity index is 0. The van der Waals surface area contributed by atoms with Gasteiger partial charge in [0.25, 0.3) is 0 Å². The van der Waals surface area contributed by atoms with Gasteiger partial charge in [-0.05, 0) is 0 Å². The van der Waals surface area contributed by atoms with E-state index in [0.717, 1.165) is 0 Å². The van der Waals surface area contributed by atoms with Crippen molar-refractivity contribution >= 4 is 0 Å². The van der Waals surface area contributed by atoms with E-state index in [4.69, 9.17) is 0 Å². The molecule has 0 aromatic heterocycles. The molecule has 0 atom stereocenters. The maximum absolute atomic E-state index is 0. The van der Waals surface area contributed by atoms with Gasteiger partial charge in [-0.3, -0.25) is 0 Å². The first-order valence-electron chi connectivity index (χ1n) is 0. The summed E-state index contributed by atoms with van der Waals surface area (Å²) in [7, 11) is 0. The predicted molar refractivity (Wildman–Crippen MR) is 20.2 cm³/mol. The molecule has 0 aromatic rings. The first-order chi connectivity index (χ1) is 0. The standard InChI is InChI=1S/3CH4.9No/h3*1H4;;;;;;;;;. The molecule has 0 unspecified atom stereocenters. The normalized spacial score (nSPS) is 0. The minimum absolute atomic E-state index is 0. The maximum atomic E-state index is 0.